The maximum absolute atomic E-state index is 11.3. The van der Waals surface area contributed by atoms with E-state index in [1.807, 2.05) is 0 Å². The van der Waals surface area contributed by atoms with E-state index >= 15 is 0 Å². The van der Waals surface area contributed by atoms with E-state index in [1.54, 1.807) is 50.4 Å². The largest absolute Gasteiger partial charge is 0.383 e. The van der Waals surface area contributed by atoms with Crippen LogP contribution >= 0.6 is 0 Å². The molecule has 1 aromatic carbocycles. The van der Waals surface area contributed by atoms with Gasteiger partial charge in [0.25, 0.3) is 0 Å². The zero-order valence-electron chi connectivity index (χ0n) is 12.9. The number of hydrogen-bond donors (Lipinski definition) is 0. The van der Waals surface area contributed by atoms with Crippen LogP contribution in [-0.2, 0) is 0 Å². The maximum atomic E-state index is 11.3. The first-order valence-electron chi connectivity index (χ1n) is 6.39. The summed E-state index contributed by atoms with van der Waals surface area (Å²) in [5.74, 6) is 0. The Bertz CT molecular complexity index is 581. The SMILES string of the molecule is CN(C)C=Cc1ccc(C=CN(C)C)c([N+](=O)[O-])c1[N+](=O)[O-]. The lowest BCUT2D eigenvalue weighted by atomic mass is 10.1. The first-order chi connectivity index (χ1) is 10.2. The molecule has 1 rings (SSSR count). The van der Waals surface area contributed by atoms with E-state index in [9.17, 15) is 20.2 Å². The zero-order valence-corrected chi connectivity index (χ0v) is 12.9. The molecule has 0 amide bonds. The molecule has 0 N–H and O–H groups in total. The van der Waals surface area contributed by atoms with Crippen LogP contribution in [0.5, 0.6) is 0 Å². The van der Waals surface area contributed by atoms with Crippen molar-refractivity contribution in [2.75, 3.05) is 28.2 Å². The molecule has 0 bridgehead atoms. The van der Waals surface area contributed by atoms with Gasteiger partial charge in [-0.1, -0.05) is 0 Å². The monoisotopic (exact) mass is 306 g/mol. The summed E-state index contributed by atoms with van der Waals surface area (Å²) in [7, 11) is 7.02. The van der Waals surface area contributed by atoms with Gasteiger partial charge in [-0.25, -0.2) is 0 Å². The third kappa shape index (κ3) is 4.30. The van der Waals surface area contributed by atoms with Gasteiger partial charge in [-0.15, -0.1) is 0 Å². The first kappa shape index (κ1) is 17.2. The van der Waals surface area contributed by atoms with Crippen molar-refractivity contribution in [3.05, 3.63) is 55.9 Å². The fraction of sp³-hybridized carbons (Fsp3) is 0.286. The molecule has 0 heterocycles. The molecule has 0 fully saturated rings. The van der Waals surface area contributed by atoms with Crippen molar-refractivity contribution in [3.8, 4) is 0 Å². The average Bonchev–Trinajstić information content (AvgIpc) is 2.41. The van der Waals surface area contributed by atoms with Crippen molar-refractivity contribution in [2.45, 2.75) is 0 Å². The molecule has 0 spiro atoms. The quantitative estimate of drug-likeness (QED) is 0.592. The molecule has 0 atom stereocenters. The van der Waals surface area contributed by atoms with Crippen molar-refractivity contribution in [1.29, 1.82) is 0 Å². The highest BCUT2D eigenvalue weighted by Gasteiger charge is 2.30. The lowest BCUT2D eigenvalue weighted by molar-refractivity contribution is -0.422. The van der Waals surface area contributed by atoms with Crippen molar-refractivity contribution in [2.24, 2.45) is 0 Å². The molecule has 0 aromatic heterocycles. The van der Waals surface area contributed by atoms with Gasteiger partial charge in [0.2, 0.25) is 0 Å². The zero-order chi connectivity index (χ0) is 16.9. The molecule has 0 saturated heterocycles. The summed E-state index contributed by atoms with van der Waals surface area (Å²) in [5, 5.41) is 22.6. The summed E-state index contributed by atoms with van der Waals surface area (Å²) in [6.07, 6.45) is 6.15. The highest BCUT2D eigenvalue weighted by Crippen LogP contribution is 2.35. The second-order valence-corrected chi connectivity index (χ2v) is 5.01. The molecule has 0 aliphatic heterocycles. The maximum Gasteiger partial charge on any atom is 0.353 e. The van der Waals surface area contributed by atoms with Crippen LogP contribution in [0.15, 0.2) is 24.5 Å². The van der Waals surface area contributed by atoms with E-state index in [1.165, 1.54) is 24.3 Å². The molecule has 0 saturated carbocycles. The fourth-order valence-corrected chi connectivity index (χ4v) is 1.72. The fourth-order valence-electron chi connectivity index (χ4n) is 1.72. The number of nitrogens with zero attached hydrogens (tertiary/aromatic N) is 4. The first-order valence-corrected chi connectivity index (χ1v) is 6.39. The topological polar surface area (TPSA) is 92.8 Å². The van der Waals surface area contributed by atoms with Crippen molar-refractivity contribution >= 4 is 23.5 Å². The number of benzene rings is 1. The third-order valence-corrected chi connectivity index (χ3v) is 2.68. The van der Waals surface area contributed by atoms with E-state index in [0.717, 1.165) is 0 Å². The number of hydrogen-bond acceptors (Lipinski definition) is 6. The van der Waals surface area contributed by atoms with Crippen molar-refractivity contribution < 1.29 is 9.85 Å². The highest BCUT2D eigenvalue weighted by atomic mass is 16.6. The molecule has 0 radical (unpaired) electrons. The minimum atomic E-state index is -0.722. The van der Waals surface area contributed by atoms with Crippen LogP contribution in [0.4, 0.5) is 11.4 Å². The molecule has 8 heteroatoms. The predicted octanol–water partition coefficient (Wildman–Crippen LogP) is 2.57. The van der Waals surface area contributed by atoms with Gasteiger partial charge in [-0.3, -0.25) is 20.2 Å². The summed E-state index contributed by atoms with van der Waals surface area (Å²) < 4.78 is 0. The second-order valence-electron chi connectivity index (χ2n) is 5.01. The molecule has 0 aliphatic carbocycles. The summed E-state index contributed by atoms with van der Waals surface area (Å²) in [5.41, 5.74) is -0.646. The van der Waals surface area contributed by atoms with Crippen LogP contribution in [-0.4, -0.2) is 47.8 Å². The standard InChI is InChI=1S/C14H18N4O4/c1-15(2)9-7-11-5-6-12(8-10-16(3)4)14(18(21)22)13(11)17(19)20/h5-10H,1-4H3. The summed E-state index contributed by atoms with van der Waals surface area (Å²) in [4.78, 5) is 24.5. The van der Waals surface area contributed by atoms with Crippen molar-refractivity contribution in [1.82, 2.24) is 9.80 Å². The second kappa shape index (κ2) is 7.21. The Balaban J connectivity index is 3.56. The van der Waals surface area contributed by atoms with Gasteiger partial charge in [0.05, 0.1) is 21.0 Å². The Hall–Kier alpha value is -2.90. The predicted molar refractivity (Wildman–Crippen MR) is 85.2 cm³/mol. The molecule has 0 unspecified atom stereocenters. The summed E-state index contributed by atoms with van der Waals surface area (Å²) >= 11 is 0. The van der Waals surface area contributed by atoms with Gasteiger partial charge in [0.1, 0.15) is 0 Å². The van der Waals surface area contributed by atoms with E-state index in [4.69, 9.17) is 0 Å². The Morgan fingerprint density at radius 2 is 1.14 bits per heavy atom. The van der Waals surface area contributed by atoms with E-state index in [0.29, 0.717) is 0 Å². The van der Waals surface area contributed by atoms with Crippen LogP contribution in [0.2, 0.25) is 0 Å². The van der Waals surface area contributed by atoms with Gasteiger partial charge >= 0.3 is 11.4 Å². The lowest BCUT2D eigenvalue weighted by Gasteiger charge is -2.06. The summed E-state index contributed by atoms with van der Waals surface area (Å²) in [6.45, 7) is 0. The van der Waals surface area contributed by atoms with Gasteiger partial charge in [0.15, 0.2) is 0 Å². The van der Waals surface area contributed by atoms with Crippen LogP contribution in [0, 0.1) is 20.2 Å². The minimum Gasteiger partial charge on any atom is -0.383 e. The number of nitro benzene ring substituents is 2. The molecule has 22 heavy (non-hydrogen) atoms. The Labute approximate surface area is 128 Å². The normalized spacial score (nSPS) is 11.1. The lowest BCUT2D eigenvalue weighted by Crippen LogP contribution is -2.04. The van der Waals surface area contributed by atoms with E-state index in [2.05, 4.69) is 0 Å². The Morgan fingerprint density at radius 1 is 0.818 bits per heavy atom. The van der Waals surface area contributed by atoms with Crippen LogP contribution in [0.25, 0.3) is 12.2 Å². The Kier molecular flexibility index (Phi) is 5.62. The van der Waals surface area contributed by atoms with E-state index in [-0.39, 0.29) is 11.1 Å². The molecular formula is C14H18N4O4. The molecule has 118 valence electrons. The molecule has 8 nitrogen and oxygen atoms in total. The third-order valence-electron chi connectivity index (χ3n) is 2.68. The molecular weight excluding hydrogens is 288 g/mol. The smallest absolute Gasteiger partial charge is 0.353 e. The van der Waals surface area contributed by atoms with Gasteiger partial charge in [0, 0.05) is 28.2 Å². The molecule has 0 aliphatic rings. The number of rotatable bonds is 6. The average molecular weight is 306 g/mol. The van der Waals surface area contributed by atoms with Gasteiger partial charge in [-0.05, 0) is 36.7 Å². The molecule has 1 aromatic rings. The van der Waals surface area contributed by atoms with E-state index < -0.39 is 21.2 Å². The van der Waals surface area contributed by atoms with Gasteiger partial charge in [-0.2, -0.15) is 0 Å². The van der Waals surface area contributed by atoms with Crippen molar-refractivity contribution in [3.63, 3.8) is 0 Å². The minimum absolute atomic E-state index is 0.187. The van der Waals surface area contributed by atoms with Crippen LogP contribution < -0.4 is 0 Å². The number of nitro groups is 2. The van der Waals surface area contributed by atoms with Crippen LogP contribution in [0.1, 0.15) is 11.1 Å². The Morgan fingerprint density at radius 3 is 1.36 bits per heavy atom. The van der Waals surface area contributed by atoms with Gasteiger partial charge < -0.3 is 9.80 Å². The highest BCUT2D eigenvalue weighted by molar-refractivity contribution is 5.77. The summed E-state index contributed by atoms with van der Waals surface area (Å²) in [6, 6.07) is 3.00. The van der Waals surface area contributed by atoms with Crippen LogP contribution in [0.3, 0.4) is 0 Å².